The van der Waals surface area contributed by atoms with Crippen molar-refractivity contribution in [3.63, 3.8) is 0 Å². The van der Waals surface area contributed by atoms with Crippen LogP contribution in [0.1, 0.15) is 35.5 Å². The molecule has 1 aliphatic heterocycles. The maximum Gasteiger partial charge on any atom is 0.235 e. The highest BCUT2D eigenvalue weighted by molar-refractivity contribution is 5.39. The maximum atomic E-state index is 5.56. The molecule has 7 nitrogen and oxygen atoms in total. The number of rotatable bonds is 8. The first kappa shape index (κ1) is 18.6. The van der Waals surface area contributed by atoms with Crippen LogP contribution in [0.5, 0.6) is 5.75 Å². The van der Waals surface area contributed by atoms with E-state index in [9.17, 15) is 0 Å². The highest BCUT2D eigenvalue weighted by Gasteiger charge is 2.12. The van der Waals surface area contributed by atoms with E-state index < -0.39 is 0 Å². The fraction of sp³-hybridized carbons (Fsp3) is 0.381. The number of aryl methyl sites for hydroxylation is 1. The van der Waals surface area contributed by atoms with E-state index in [1.54, 1.807) is 12.5 Å². The molecule has 1 unspecified atom stereocenters. The lowest BCUT2D eigenvalue weighted by molar-refractivity contribution is 0.357. The fourth-order valence-corrected chi connectivity index (χ4v) is 3.36. The van der Waals surface area contributed by atoms with Gasteiger partial charge in [0.25, 0.3) is 0 Å². The number of hydrogen-bond donors (Lipinski definition) is 2. The van der Waals surface area contributed by atoms with Crippen molar-refractivity contribution in [3.8, 4) is 11.7 Å². The lowest BCUT2D eigenvalue weighted by Crippen LogP contribution is -2.29. The van der Waals surface area contributed by atoms with Gasteiger partial charge in [-0.25, -0.2) is 15.0 Å². The van der Waals surface area contributed by atoms with Crippen LogP contribution in [0.4, 0.5) is 0 Å². The first-order valence-corrected chi connectivity index (χ1v) is 9.71. The van der Waals surface area contributed by atoms with Crippen LogP contribution in [0.2, 0.25) is 0 Å². The molecule has 0 spiro atoms. The van der Waals surface area contributed by atoms with Gasteiger partial charge in [-0.2, -0.15) is 0 Å². The number of aromatic nitrogens is 4. The molecule has 1 atom stereocenters. The molecule has 2 aromatic heterocycles. The average Bonchev–Trinajstić information content (AvgIpc) is 3.38. The van der Waals surface area contributed by atoms with Crippen molar-refractivity contribution in [2.24, 2.45) is 0 Å². The lowest BCUT2D eigenvalue weighted by Gasteiger charge is -2.15. The summed E-state index contributed by atoms with van der Waals surface area (Å²) in [5.74, 6) is 1.69. The van der Waals surface area contributed by atoms with Gasteiger partial charge in [-0.1, -0.05) is 12.1 Å². The Labute approximate surface area is 165 Å². The van der Waals surface area contributed by atoms with Crippen molar-refractivity contribution < 1.29 is 4.74 Å². The molecule has 0 amide bonds. The van der Waals surface area contributed by atoms with Crippen LogP contribution < -0.4 is 15.4 Å². The number of imidazole rings is 1. The Bertz CT molecular complexity index is 925. The van der Waals surface area contributed by atoms with E-state index in [-0.39, 0.29) is 6.04 Å². The molecule has 1 aliphatic rings. The van der Waals surface area contributed by atoms with E-state index in [1.165, 1.54) is 11.1 Å². The van der Waals surface area contributed by atoms with E-state index in [1.807, 2.05) is 23.8 Å². The minimum Gasteiger partial charge on any atom is -0.493 e. The SMILES string of the molecule is Cc1cc(C(C)NCCNCc2ccc3c(c2)CCO3)nc(-n2ccnc2)n1. The molecule has 3 aromatic rings. The minimum absolute atomic E-state index is 0.142. The molecule has 0 fully saturated rings. The summed E-state index contributed by atoms with van der Waals surface area (Å²) < 4.78 is 7.39. The van der Waals surface area contributed by atoms with Gasteiger partial charge in [0.15, 0.2) is 0 Å². The first-order chi connectivity index (χ1) is 13.7. The fourth-order valence-electron chi connectivity index (χ4n) is 3.36. The summed E-state index contributed by atoms with van der Waals surface area (Å²) in [4.78, 5) is 13.2. The van der Waals surface area contributed by atoms with E-state index >= 15 is 0 Å². The third-order valence-electron chi connectivity index (χ3n) is 4.88. The standard InChI is InChI=1S/C21H26N6O/c1-15-11-19(26-21(25-15)27-9-8-23-14-27)16(2)24-7-6-22-13-17-3-4-20-18(12-17)5-10-28-20/h3-4,8-9,11-12,14,16,22,24H,5-7,10,13H2,1-2H3. The summed E-state index contributed by atoms with van der Waals surface area (Å²) in [5, 5.41) is 7.03. The number of nitrogens with zero attached hydrogens (tertiary/aromatic N) is 4. The minimum atomic E-state index is 0.142. The summed E-state index contributed by atoms with van der Waals surface area (Å²) in [7, 11) is 0. The Morgan fingerprint density at radius 1 is 1.21 bits per heavy atom. The molecule has 4 rings (SSSR count). The highest BCUT2D eigenvalue weighted by atomic mass is 16.5. The maximum absolute atomic E-state index is 5.56. The molecule has 3 heterocycles. The molecule has 0 aliphatic carbocycles. The molecule has 146 valence electrons. The van der Waals surface area contributed by atoms with Crippen LogP contribution >= 0.6 is 0 Å². The smallest absolute Gasteiger partial charge is 0.235 e. The molecule has 0 saturated carbocycles. The predicted molar refractivity (Wildman–Crippen MR) is 108 cm³/mol. The van der Waals surface area contributed by atoms with Crippen molar-refractivity contribution >= 4 is 0 Å². The summed E-state index contributed by atoms with van der Waals surface area (Å²) in [6, 6.07) is 8.62. The Hall–Kier alpha value is -2.77. The average molecular weight is 378 g/mol. The Kier molecular flexibility index (Phi) is 5.64. The van der Waals surface area contributed by atoms with Gasteiger partial charge in [-0.05, 0) is 37.1 Å². The number of ether oxygens (including phenoxy) is 1. The molecule has 0 radical (unpaired) electrons. The molecular formula is C21H26N6O. The number of benzene rings is 1. The van der Waals surface area contributed by atoms with Gasteiger partial charge >= 0.3 is 0 Å². The molecule has 1 aromatic carbocycles. The Morgan fingerprint density at radius 3 is 3.00 bits per heavy atom. The molecular weight excluding hydrogens is 352 g/mol. The number of fused-ring (bicyclic) bond motifs is 1. The van der Waals surface area contributed by atoms with Crippen molar-refractivity contribution in [2.75, 3.05) is 19.7 Å². The molecule has 2 N–H and O–H groups in total. The number of hydrogen-bond acceptors (Lipinski definition) is 6. The van der Waals surface area contributed by atoms with Crippen molar-refractivity contribution in [3.05, 3.63) is 65.5 Å². The molecule has 28 heavy (non-hydrogen) atoms. The first-order valence-electron chi connectivity index (χ1n) is 9.71. The van der Waals surface area contributed by atoms with Crippen molar-refractivity contribution in [1.29, 1.82) is 0 Å². The Balaban J connectivity index is 1.26. The van der Waals surface area contributed by atoms with Gasteiger partial charge in [-0.15, -0.1) is 0 Å². The van der Waals surface area contributed by atoms with Crippen LogP contribution in [0.15, 0.2) is 43.0 Å². The highest BCUT2D eigenvalue weighted by Crippen LogP contribution is 2.25. The van der Waals surface area contributed by atoms with Crippen molar-refractivity contribution in [2.45, 2.75) is 32.9 Å². The van der Waals surface area contributed by atoms with Gasteiger partial charge in [0, 0.05) is 50.2 Å². The largest absolute Gasteiger partial charge is 0.493 e. The van der Waals surface area contributed by atoms with Gasteiger partial charge in [0.05, 0.1) is 12.3 Å². The second-order valence-electron chi connectivity index (χ2n) is 7.10. The molecule has 0 saturated heterocycles. The van der Waals surface area contributed by atoms with Crippen molar-refractivity contribution in [1.82, 2.24) is 30.2 Å². The zero-order chi connectivity index (χ0) is 19.3. The predicted octanol–water partition coefficient (Wildman–Crippen LogP) is 2.35. The normalized spacial score (nSPS) is 13.9. The van der Waals surface area contributed by atoms with E-state index in [0.29, 0.717) is 5.95 Å². The second kappa shape index (κ2) is 8.50. The lowest BCUT2D eigenvalue weighted by atomic mass is 10.1. The summed E-state index contributed by atoms with van der Waals surface area (Å²) >= 11 is 0. The van der Waals surface area contributed by atoms with E-state index in [4.69, 9.17) is 4.74 Å². The van der Waals surface area contributed by atoms with Crippen LogP contribution in [0.3, 0.4) is 0 Å². The monoisotopic (exact) mass is 378 g/mol. The van der Waals surface area contributed by atoms with Crippen LogP contribution in [-0.4, -0.2) is 39.2 Å². The van der Waals surface area contributed by atoms with Gasteiger partial charge in [0.2, 0.25) is 5.95 Å². The van der Waals surface area contributed by atoms with Crippen LogP contribution in [-0.2, 0) is 13.0 Å². The third-order valence-corrected chi connectivity index (χ3v) is 4.88. The summed E-state index contributed by atoms with van der Waals surface area (Å²) in [5.41, 5.74) is 4.54. The van der Waals surface area contributed by atoms with E-state index in [0.717, 1.165) is 49.8 Å². The van der Waals surface area contributed by atoms with Crippen LogP contribution in [0.25, 0.3) is 5.95 Å². The van der Waals surface area contributed by atoms with Crippen LogP contribution in [0, 0.1) is 6.92 Å². The van der Waals surface area contributed by atoms with E-state index in [2.05, 4.69) is 50.7 Å². The zero-order valence-electron chi connectivity index (χ0n) is 16.4. The summed E-state index contributed by atoms with van der Waals surface area (Å²) in [6.45, 7) is 7.52. The van der Waals surface area contributed by atoms with Gasteiger partial charge < -0.3 is 15.4 Å². The summed E-state index contributed by atoms with van der Waals surface area (Å²) in [6.07, 6.45) is 6.31. The molecule has 0 bridgehead atoms. The van der Waals surface area contributed by atoms with Gasteiger partial charge in [-0.3, -0.25) is 4.57 Å². The zero-order valence-corrected chi connectivity index (χ0v) is 16.4. The Morgan fingerprint density at radius 2 is 2.14 bits per heavy atom. The quantitative estimate of drug-likeness (QED) is 0.586. The third kappa shape index (κ3) is 4.37. The number of nitrogens with one attached hydrogen (secondary N) is 2. The topological polar surface area (TPSA) is 76.9 Å². The molecule has 7 heteroatoms. The van der Waals surface area contributed by atoms with Gasteiger partial charge in [0.1, 0.15) is 12.1 Å². The second-order valence-corrected chi connectivity index (χ2v) is 7.10.